The Morgan fingerprint density at radius 1 is 1.44 bits per heavy atom. The normalized spacial score (nSPS) is 24.3. The first-order valence-electron chi connectivity index (χ1n) is 5.26. The van der Waals surface area contributed by atoms with Gasteiger partial charge in [-0.3, -0.25) is 4.79 Å². The summed E-state index contributed by atoms with van der Waals surface area (Å²) in [6, 6.07) is 5.40. The van der Waals surface area contributed by atoms with Crippen LogP contribution in [-0.2, 0) is 0 Å². The number of Topliss-reactive ketones (excluding diaryl/α,β-unsaturated/α-hetero) is 1. The van der Waals surface area contributed by atoms with Crippen molar-refractivity contribution >= 4 is 5.78 Å². The van der Waals surface area contributed by atoms with E-state index in [4.69, 9.17) is 4.74 Å². The molecule has 16 heavy (non-hydrogen) atoms. The van der Waals surface area contributed by atoms with Crippen molar-refractivity contribution in [2.75, 3.05) is 0 Å². The zero-order valence-electron chi connectivity index (χ0n) is 9.31. The molecule has 0 bridgehead atoms. The average Bonchev–Trinajstić information content (AvgIpc) is 2.27. The minimum atomic E-state index is -1.11. The van der Waals surface area contributed by atoms with Crippen molar-refractivity contribution in [1.82, 2.24) is 0 Å². The van der Waals surface area contributed by atoms with Gasteiger partial charge in [-0.25, -0.2) is 0 Å². The first-order valence-corrected chi connectivity index (χ1v) is 5.26. The van der Waals surface area contributed by atoms with Crippen molar-refractivity contribution < 1.29 is 14.6 Å². The number of fused-ring (bicyclic) bond motifs is 1. The molecule has 1 aliphatic heterocycles. The monoisotopic (exact) mass is 218 g/mol. The summed E-state index contributed by atoms with van der Waals surface area (Å²) in [7, 11) is 0. The SMILES string of the molecule is C/C=C/[C@@H]1Oc2ccc(C)cc2C(=O)[C@H]1O. The summed E-state index contributed by atoms with van der Waals surface area (Å²) in [5.41, 5.74) is 1.45. The molecule has 84 valence electrons. The van der Waals surface area contributed by atoms with Crippen molar-refractivity contribution in [2.45, 2.75) is 26.1 Å². The molecule has 0 spiro atoms. The van der Waals surface area contributed by atoms with Crippen molar-refractivity contribution in [2.24, 2.45) is 0 Å². The van der Waals surface area contributed by atoms with Gasteiger partial charge in [0.1, 0.15) is 5.75 Å². The molecular formula is C13H14O3. The number of allylic oxidation sites excluding steroid dienone is 1. The standard InChI is InChI=1S/C13H14O3/c1-3-4-11-13(15)12(14)9-7-8(2)5-6-10(9)16-11/h3-7,11,13,15H,1-2H3/b4-3+/t11-,13-/m0/s1. The molecule has 2 atom stereocenters. The van der Waals surface area contributed by atoms with Crippen molar-refractivity contribution in [3.63, 3.8) is 0 Å². The first kappa shape index (κ1) is 10.9. The molecule has 1 aromatic carbocycles. The summed E-state index contributed by atoms with van der Waals surface area (Å²) in [6.07, 6.45) is 1.77. The van der Waals surface area contributed by atoms with Crippen LogP contribution in [-0.4, -0.2) is 23.1 Å². The molecule has 0 saturated carbocycles. The van der Waals surface area contributed by atoms with E-state index >= 15 is 0 Å². The molecular weight excluding hydrogens is 204 g/mol. The highest BCUT2D eigenvalue weighted by molar-refractivity contribution is 6.03. The van der Waals surface area contributed by atoms with E-state index in [0.29, 0.717) is 11.3 Å². The van der Waals surface area contributed by atoms with E-state index in [1.54, 1.807) is 24.3 Å². The number of aryl methyl sites for hydroxylation is 1. The van der Waals surface area contributed by atoms with Crippen LogP contribution in [0.3, 0.4) is 0 Å². The number of hydrogen-bond donors (Lipinski definition) is 1. The van der Waals surface area contributed by atoms with Crippen LogP contribution in [0.15, 0.2) is 30.4 Å². The Balaban J connectivity index is 2.44. The highest BCUT2D eigenvalue weighted by atomic mass is 16.5. The topological polar surface area (TPSA) is 46.5 Å². The molecule has 0 aliphatic carbocycles. The zero-order chi connectivity index (χ0) is 11.7. The van der Waals surface area contributed by atoms with Gasteiger partial charge in [-0.1, -0.05) is 17.7 Å². The Morgan fingerprint density at radius 2 is 2.19 bits per heavy atom. The molecule has 1 aromatic rings. The van der Waals surface area contributed by atoms with Gasteiger partial charge in [0.15, 0.2) is 18.0 Å². The highest BCUT2D eigenvalue weighted by Gasteiger charge is 2.34. The summed E-state index contributed by atoms with van der Waals surface area (Å²) < 4.78 is 5.55. The van der Waals surface area contributed by atoms with Crippen LogP contribution < -0.4 is 4.74 Å². The number of aliphatic hydroxyl groups is 1. The molecule has 0 saturated heterocycles. The predicted molar refractivity (Wildman–Crippen MR) is 60.7 cm³/mol. The average molecular weight is 218 g/mol. The van der Waals surface area contributed by atoms with Gasteiger partial charge in [-0.05, 0) is 32.1 Å². The zero-order valence-corrected chi connectivity index (χ0v) is 9.31. The number of aliphatic hydroxyl groups excluding tert-OH is 1. The van der Waals surface area contributed by atoms with Gasteiger partial charge in [0, 0.05) is 0 Å². The summed E-state index contributed by atoms with van der Waals surface area (Å²) in [5, 5.41) is 9.78. The minimum Gasteiger partial charge on any atom is -0.482 e. The lowest BCUT2D eigenvalue weighted by Crippen LogP contribution is -2.41. The quantitative estimate of drug-likeness (QED) is 0.732. The molecule has 0 amide bonds. The summed E-state index contributed by atoms with van der Waals surface area (Å²) >= 11 is 0. The molecule has 0 fully saturated rings. The van der Waals surface area contributed by atoms with Gasteiger partial charge in [0.2, 0.25) is 0 Å². The fourth-order valence-electron chi connectivity index (χ4n) is 1.79. The predicted octanol–water partition coefficient (Wildman–Crippen LogP) is 1.88. The maximum atomic E-state index is 11.9. The van der Waals surface area contributed by atoms with Gasteiger partial charge >= 0.3 is 0 Å². The molecule has 0 unspecified atom stereocenters. The Bertz CT molecular complexity index is 448. The third-order valence-electron chi connectivity index (χ3n) is 2.63. The lowest BCUT2D eigenvalue weighted by Gasteiger charge is -2.27. The number of ether oxygens (including phenoxy) is 1. The Morgan fingerprint density at radius 3 is 2.88 bits per heavy atom. The molecule has 1 N–H and O–H groups in total. The van der Waals surface area contributed by atoms with Crippen molar-refractivity contribution in [3.8, 4) is 5.75 Å². The summed E-state index contributed by atoms with van der Waals surface area (Å²) in [5.74, 6) is 0.275. The molecule has 1 heterocycles. The smallest absolute Gasteiger partial charge is 0.199 e. The maximum absolute atomic E-state index is 11.9. The molecule has 0 aromatic heterocycles. The van der Waals surface area contributed by atoms with Crippen molar-refractivity contribution in [3.05, 3.63) is 41.5 Å². The van der Waals surface area contributed by atoms with Gasteiger partial charge in [-0.2, -0.15) is 0 Å². The molecule has 0 radical (unpaired) electrons. The van der Waals surface area contributed by atoms with Crippen LogP contribution in [0.5, 0.6) is 5.75 Å². The first-order chi connectivity index (χ1) is 7.63. The van der Waals surface area contributed by atoms with Gasteiger partial charge in [0.25, 0.3) is 0 Å². The van der Waals surface area contributed by atoms with Crippen LogP contribution >= 0.6 is 0 Å². The van der Waals surface area contributed by atoms with Gasteiger partial charge < -0.3 is 9.84 Å². The summed E-state index contributed by atoms with van der Waals surface area (Å²) in [4.78, 5) is 11.9. The van der Waals surface area contributed by atoms with E-state index in [1.807, 2.05) is 19.9 Å². The van der Waals surface area contributed by atoms with Gasteiger partial charge in [0.05, 0.1) is 5.56 Å². The van der Waals surface area contributed by atoms with Crippen LogP contribution in [0, 0.1) is 6.92 Å². The van der Waals surface area contributed by atoms with E-state index in [2.05, 4.69) is 0 Å². The second kappa shape index (κ2) is 4.10. The van der Waals surface area contributed by atoms with Crippen LogP contribution in [0.4, 0.5) is 0 Å². The number of carbonyl (C=O) groups is 1. The van der Waals surface area contributed by atoms with E-state index in [1.165, 1.54) is 0 Å². The highest BCUT2D eigenvalue weighted by Crippen LogP contribution is 2.29. The van der Waals surface area contributed by atoms with E-state index in [-0.39, 0.29) is 5.78 Å². The fraction of sp³-hybridized carbons (Fsp3) is 0.308. The molecule has 3 nitrogen and oxygen atoms in total. The molecule has 1 aliphatic rings. The van der Waals surface area contributed by atoms with E-state index in [9.17, 15) is 9.90 Å². The second-order valence-electron chi connectivity index (χ2n) is 3.92. The Kier molecular flexibility index (Phi) is 2.79. The Labute approximate surface area is 94.4 Å². The maximum Gasteiger partial charge on any atom is 0.199 e. The fourth-order valence-corrected chi connectivity index (χ4v) is 1.79. The lowest BCUT2D eigenvalue weighted by molar-refractivity contribution is 0.0378. The molecule has 3 heteroatoms. The van der Waals surface area contributed by atoms with E-state index < -0.39 is 12.2 Å². The lowest BCUT2D eigenvalue weighted by atomic mass is 9.96. The number of hydrogen-bond acceptors (Lipinski definition) is 3. The number of rotatable bonds is 1. The number of ketones is 1. The van der Waals surface area contributed by atoms with E-state index in [0.717, 1.165) is 5.56 Å². The second-order valence-corrected chi connectivity index (χ2v) is 3.92. The largest absolute Gasteiger partial charge is 0.482 e. The third kappa shape index (κ3) is 1.74. The Hall–Kier alpha value is -1.61. The number of benzene rings is 1. The number of carbonyl (C=O) groups excluding carboxylic acids is 1. The van der Waals surface area contributed by atoms with Crippen LogP contribution in [0.2, 0.25) is 0 Å². The van der Waals surface area contributed by atoms with Gasteiger partial charge in [-0.15, -0.1) is 0 Å². The van der Waals surface area contributed by atoms with Crippen molar-refractivity contribution in [1.29, 1.82) is 0 Å². The summed E-state index contributed by atoms with van der Waals surface area (Å²) in [6.45, 7) is 3.73. The third-order valence-corrected chi connectivity index (χ3v) is 2.63. The van der Waals surface area contributed by atoms with Crippen LogP contribution in [0.1, 0.15) is 22.8 Å². The van der Waals surface area contributed by atoms with Crippen LogP contribution in [0.25, 0.3) is 0 Å². The molecule has 2 rings (SSSR count). The minimum absolute atomic E-state index is 0.270.